The van der Waals surface area contributed by atoms with Crippen molar-refractivity contribution in [3.05, 3.63) is 65.5 Å². The molecule has 0 saturated carbocycles. The summed E-state index contributed by atoms with van der Waals surface area (Å²) in [7, 11) is 2.42. The van der Waals surface area contributed by atoms with Gasteiger partial charge in [-0.1, -0.05) is 24.3 Å². The van der Waals surface area contributed by atoms with Gasteiger partial charge in [-0.15, -0.1) is 0 Å². The number of carbonyl (C=O) groups is 2. The van der Waals surface area contributed by atoms with Crippen molar-refractivity contribution in [1.82, 2.24) is 0 Å². The predicted octanol–water partition coefficient (Wildman–Crippen LogP) is -0.0435. The summed E-state index contributed by atoms with van der Waals surface area (Å²) in [6.07, 6.45) is 1.08. The van der Waals surface area contributed by atoms with Gasteiger partial charge in [0.2, 0.25) is 0 Å². The van der Waals surface area contributed by atoms with Crippen molar-refractivity contribution in [3.8, 4) is 0 Å². The lowest BCUT2D eigenvalue weighted by Crippen LogP contribution is -3.00. The Labute approximate surface area is 210 Å². The summed E-state index contributed by atoms with van der Waals surface area (Å²) >= 11 is 0. The van der Waals surface area contributed by atoms with E-state index in [1.54, 1.807) is 6.07 Å². The summed E-state index contributed by atoms with van der Waals surface area (Å²) in [4.78, 5) is 24.8. The van der Waals surface area contributed by atoms with Crippen molar-refractivity contribution < 1.29 is 53.3 Å². The average molecular weight is 558 g/mol. The molecule has 2 aromatic carbocycles. The van der Waals surface area contributed by atoms with E-state index in [-0.39, 0.29) is 51.8 Å². The van der Waals surface area contributed by atoms with Crippen LogP contribution in [0.25, 0.3) is 11.1 Å². The van der Waals surface area contributed by atoms with Crippen LogP contribution < -0.4 is 17.0 Å². The molecule has 0 amide bonds. The molecule has 0 unspecified atom stereocenters. The second-order valence-corrected chi connectivity index (χ2v) is 10.6. The molecule has 0 aromatic heterocycles. The van der Waals surface area contributed by atoms with Gasteiger partial charge >= 0.3 is 11.9 Å². The first-order valence-corrected chi connectivity index (χ1v) is 12.1. The zero-order valence-electron chi connectivity index (χ0n) is 19.8. The Hall–Kier alpha value is -2.56. The van der Waals surface area contributed by atoms with Crippen molar-refractivity contribution in [3.63, 3.8) is 0 Å². The maximum atomic E-state index is 14.0. The Morgan fingerprint density at radius 2 is 1.59 bits per heavy atom. The second kappa shape index (κ2) is 12.2. The van der Waals surface area contributed by atoms with Gasteiger partial charge in [0.05, 0.1) is 31.6 Å². The molecule has 0 heterocycles. The van der Waals surface area contributed by atoms with E-state index in [0.717, 1.165) is 6.26 Å². The van der Waals surface area contributed by atoms with Gasteiger partial charge in [0.15, 0.2) is 9.84 Å². The molecule has 0 spiro atoms. The third-order valence-electron chi connectivity index (χ3n) is 4.67. The van der Waals surface area contributed by atoms with Crippen molar-refractivity contribution in [2.75, 3.05) is 47.2 Å². The normalized spacial score (nSPS) is 12.3. The number of ether oxygens (including phenoxy) is 2. The fourth-order valence-corrected chi connectivity index (χ4v) is 3.55. The summed E-state index contributed by atoms with van der Waals surface area (Å²) in [5.41, 5.74) is 0.987. The van der Waals surface area contributed by atoms with E-state index >= 15 is 0 Å². The summed E-state index contributed by atoms with van der Waals surface area (Å²) < 4.78 is 48.9. The van der Waals surface area contributed by atoms with Gasteiger partial charge in [-0.3, -0.25) is 4.79 Å². The van der Waals surface area contributed by atoms with Crippen molar-refractivity contribution in [2.45, 2.75) is 11.8 Å². The molecule has 10 heteroatoms. The molecular formula is C24H29BrFNO6S. The van der Waals surface area contributed by atoms with Crippen molar-refractivity contribution in [2.24, 2.45) is 0 Å². The number of sulfone groups is 1. The number of hydrogen-bond acceptors (Lipinski definition) is 6. The van der Waals surface area contributed by atoms with Crippen LogP contribution in [0.2, 0.25) is 0 Å². The van der Waals surface area contributed by atoms with Crippen molar-refractivity contribution in [1.29, 1.82) is 0 Å². The molecule has 0 radical (unpaired) electrons. The summed E-state index contributed by atoms with van der Waals surface area (Å²) in [5, 5.41) is 0. The predicted molar refractivity (Wildman–Crippen MR) is 123 cm³/mol. The minimum absolute atomic E-state index is 0. The van der Waals surface area contributed by atoms with Crippen LogP contribution in [0.3, 0.4) is 0 Å². The Morgan fingerprint density at radius 3 is 2.09 bits per heavy atom. The number of likely N-dealkylation sites (N-methyl/N-ethyl adjacent to an activating group) is 1. The van der Waals surface area contributed by atoms with E-state index < -0.39 is 27.6 Å². The van der Waals surface area contributed by atoms with Crippen LogP contribution in [0.4, 0.5) is 4.39 Å². The van der Waals surface area contributed by atoms with E-state index in [1.165, 1.54) is 49.4 Å². The van der Waals surface area contributed by atoms with Crippen LogP contribution in [-0.4, -0.2) is 72.0 Å². The van der Waals surface area contributed by atoms with Gasteiger partial charge in [-0.25, -0.2) is 17.6 Å². The van der Waals surface area contributed by atoms with Gasteiger partial charge in [0.25, 0.3) is 0 Å². The van der Waals surface area contributed by atoms with Crippen LogP contribution in [0.15, 0.2) is 53.4 Å². The molecule has 2 aromatic rings. The molecule has 0 bridgehead atoms. The SMILES string of the molecule is CC(=O)OCC(=C(C(=O)OCC[N+](C)(C)C)c1cccc(F)c1)c1ccc(S(C)(=O)=O)cc1.[Br-]. The molecular weight excluding hydrogens is 529 g/mol. The molecule has 0 aliphatic heterocycles. The second-order valence-electron chi connectivity index (χ2n) is 8.59. The zero-order valence-corrected chi connectivity index (χ0v) is 22.2. The maximum absolute atomic E-state index is 14.0. The molecule has 0 aliphatic rings. The van der Waals surface area contributed by atoms with Crippen LogP contribution in [-0.2, 0) is 28.9 Å². The molecule has 7 nitrogen and oxygen atoms in total. The van der Waals surface area contributed by atoms with Gasteiger partial charge in [0, 0.05) is 18.8 Å². The van der Waals surface area contributed by atoms with Crippen LogP contribution in [0.1, 0.15) is 18.1 Å². The molecule has 186 valence electrons. The highest BCUT2D eigenvalue weighted by Crippen LogP contribution is 2.29. The highest BCUT2D eigenvalue weighted by atomic mass is 79.9. The Morgan fingerprint density at radius 1 is 0.971 bits per heavy atom. The number of nitrogens with zero attached hydrogens (tertiary/aromatic N) is 1. The van der Waals surface area contributed by atoms with Gasteiger partial charge in [-0.2, -0.15) is 0 Å². The number of esters is 2. The van der Waals surface area contributed by atoms with Crippen LogP contribution in [0, 0.1) is 5.82 Å². The van der Waals surface area contributed by atoms with Gasteiger partial charge in [-0.05, 0) is 35.4 Å². The fraction of sp³-hybridized carbons (Fsp3) is 0.333. The highest BCUT2D eigenvalue weighted by molar-refractivity contribution is 7.90. The molecule has 0 aliphatic carbocycles. The zero-order chi connectivity index (χ0) is 24.8. The maximum Gasteiger partial charge on any atom is 0.339 e. The fourth-order valence-electron chi connectivity index (χ4n) is 2.92. The summed E-state index contributed by atoms with van der Waals surface area (Å²) in [5.74, 6) is -1.83. The molecule has 0 N–H and O–H groups in total. The molecule has 34 heavy (non-hydrogen) atoms. The number of halogens is 2. The smallest absolute Gasteiger partial charge is 0.339 e. The lowest BCUT2D eigenvalue weighted by Gasteiger charge is -2.23. The largest absolute Gasteiger partial charge is 1.00 e. The average Bonchev–Trinajstić information content (AvgIpc) is 2.69. The van der Waals surface area contributed by atoms with Gasteiger partial charge < -0.3 is 30.9 Å². The quantitative estimate of drug-likeness (QED) is 0.186. The first-order valence-electron chi connectivity index (χ1n) is 10.2. The number of benzene rings is 2. The standard InChI is InChI=1S/C24H29FNO6S.BrH/c1-17(27)32-16-22(18-9-11-21(12-10-18)33(5,29)30)23(19-7-6-8-20(25)15-19)24(28)31-14-13-26(2,3)4;/h6-12,15H,13-14,16H2,1-5H3;1H/q+1;/p-1. The highest BCUT2D eigenvalue weighted by Gasteiger charge is 2.23. The first kappa shape index (κ1) is 29.5. The lowest BCUT2D eigenvalue weighted by molar-refractivity contribution is -0.870. The Bertz CT molecular complexity index is 1150. The van der Waals surface area contributed by atoms with E-state index in [9.17, 15) is 22.4 Å². The summed E-state index contributed by atoms with van der Waals surface area (Å²) in [6.45, 7) is 1.61. The third kappa shape index (κ3) is 9.00. The first-order chi connectivity index (χ1) is 15.3. The molecule has 2 rings (SSSR count). The number of carbonyl (C=O) groups excluding carboxylic acids is 2. The molecule has 0 saturated heterocycles. The van der Waals surface area contributed by atoms with Crippen LogP contribution >= 0.6 is 0 Å². The van der Waals surface area contributed by atoms with Crippen LogP contribution in [0.5, 0.6) is 0 Å². The number of hydrogen-bond donors (Lipinski definition) is 0. The summed E-state index contributed by atoms with van der Waals surface area (Å²) in [6, 6.07) is 11.2. The van der Waals surface area contributed by atoms with Gasteiger partial charge in [0.1, 0.15) is 25.6 Å². The topological polar surface area (TPSA) is 86.7 Å². The van der Waals surface area contributed by atoms with E-state index in [1.807, 2.05) is 21.1 Å². The Kier molecular flexibility index (Phi) is 10.6. The number of quaternary nitrogens is 1. The lowest BCUT2D eigenvalue weighted by atomic mass is 9.95. The molecule has 0 atom stereocenters. The van der Waals surface area contributed by atoms with E-state index in [2.05, 4.69) is 0 Å². The molecule has 0 fully saturated rings. The number of rotatable bonds is 9. The van der Waals surface area contributed by atoms with Crippen molar-refractivity contribution >= 4 is 32.9 Å². The van der Waals surface area contributed by atoms with E-state index in [4.69, 9.17) is 9.47 Å². The Balaban J connectivity index is 0.00000578. The van der Waals surface area contributed by atoms with E-state index in [0.29, 0.717) is 16.6 Å². The minimum atomic E-state index is -3.44. The minimum Gasteiger partial charge on any atom is -1.00 e. The third-order valence-corrected chi connectivity index (χ3v) is 5.79. The monoisotopic (exact) mass is 557 g/mol.